The molecule has 8 nitrogen and oxygen atoms in total. The Morgan fingerprint density at radius 2 is 1.95 bits per heavy atom. The molecule has 0 aliphatic carbocycles. The highest BCUT2D eigenvalue weighted by atomic mass is 19.4. The largest absolute Gasteiger partial charge is 0.496 e. The van der Waals surface area contributed by atoms with Gasteiger partial charge in [0, 0.05) is 31.3 Å². The lowest BCUT2D eigenvalue weighted by molar-refractivity contribution is -0.139. The molecule has 0 bridgehead atoms. The topological polar surface area (TPSA) is 103 Å². The third-order valence-electron chi connectivity index (χ3n) is 7.44. The zero-order valence-electron chi connectivity index (χ0n) is 22.0. The summed E-state index contributed by atoms with van der Waals surface area (Å²) in [4.78, 5) is 42.9. The number of hydrogen-bond donors (Lipinski definition) is 1. The number of nitrogens with zero attached hydrogens (tertiary/aromatic N) is 3. The van der Waals surface area contributed by atoms with E-state index in [0.29, 0.717) is 17.3 Å². The third kappa shape index (κ3) is 4.91. The van der Waals surface area contributed by atoms with Crippen LogP contribution in [0.3, 0.4) is 0 Å². The van der Waals surface area contributed by atoms with E-state index < -0.39 is 46.8 Å². The maximum atomic E-state index is 14.0. The summed E-state index contributed by atoms with van der Waals surface area (Å²) in [5, 5.41) is 12.8. The highest BCUT2D eigenvalue weighted by Crippen LogP contribution is 2.46. The number of alkyl halides is 3. The molecule has 11 heteroatoms. The van der Waals surface area contributed by atoms with Crippen LogP contribution < -0.4 is 10.1 Å². The number of ether oxygens (including phenoxy) is 1. The fourth-order valence-electron chi connectivity index (χ4n) is 5.46. The predicted octanol–water partition coefficient (Wildman–Crippen LogP) is 4.22. The molecule has 3 atom stereocenters. The Morgan fingerprint density at radius 3 is 2.56 bits per heavy atom. The van der Waals surface area contributed by atoms with Gasteiger partial charge >= 0.3 is 6.18 Å². The molecule has 0 aromatic heterocycles. The highest BCUT2D eigenvalue weighted by molar-refractivity contribution is 6.07. The summed E-state index contributed by atoms with van der Waals surface area (Å²) in [5.74, 6) is -2.12. The molecule has 2 heterocycles. The van der Waals surface area contributed by atoms with E-state index >= 15 is 0 Å². The van der Waals surface area contributed by atoms with Gasteiger partial charge in [-0.15, -0.1) is 0 Å². The van der Waals surface area contributed by atoms with Crippen molar-refractivity contribution in [2.75, 3.05) is 26.0 Å². The molecular formula is C28H29F3N4O4. The number of nitriles is 1. The average molecular weight is 543 g/mol. The molecule has 1 N–H and O–H groups in total. The minimum Gasteiger partial charge on any atom is -0.496 e. The molecule has 1 saturated heterocycles. The van der Waals surface area contributed by atoms with Gasteiger partial charge in [0.2, 0.25) is 11.8 Å². The van der Waals surface area contributed by atoms with Crippen molar-refractivity contribution in [3.05, 3.63) is 59.2 Å². The maximum Gasteiger partial charge on any atom is 0.419 e. The lowest BCUT2D eigenvalue weighted by Gasteiger charge is -2.33. The van der Waals surface area contributed by atoms with E-state index in [9.17, 15) is 32.8 Å². The van der Waals surface area contributed by atoms with Gasteiger partial charge < -0.3 is 19.9 Å². The molecule has 0 saturated carbocycles. The number of carbonyl (C=O) groups excluding carboxylic acids is 3. The molecule has 4 rings (SSSR count). The van der Waals surface area contributed by atoms with Crippen LogP contribution in [0.2, 0.25) is 0 Å². The van der Waals surface area contributed by atoms with Gasteiger partial charge in [-0.1, -0.05) is 32.0 Å². The first-order valence-electron chi connectivity index (χ1n) is 12.5. The van der Waals surface area contributed by atoms with E-state index in [1.165, 1.54) is 18.0 Å². The molecule has 206 valence electrons. The summed E-state index contributed by atoms with van der Waals surface area (Å²) < 4.78 is 45.5. The number of benzene rings is 2. The quantitative estimate of drug-likeness (QED) is 0.589. The summed E-state index contributed by atoms with van der Waals surface area (Å²) in [7, 11) is 2.46. The summed E-state index contributed by atoms with van der Waals surface area (Å²) in [6.07, 6.45) is -4.46. The van der Waals surface area contributed by atoms with Crippen LogP contribution in [-0.2, 0) is 21.2 Å². The Morgan fingerprint density at radius 1 is 1.26 bits per heavy atom. The second-order valence-electron chi connectivity index (χ2n) is 10.4. The summed E-state index contributed by atoms with van der Waals surface area (Å²) in [5.41, 5.74) is -1.14. The van der Waals surface area contributed by atoms with Crippen LogP contribution in [0.25, 0.3) is 0 Å². The fourth-order valence-corrected chi connectivity index (χ4v) is 5.46. The standard InChI is InChI=1S/C28H29F3N4O4/c1-16(2)11-22(34(3)24(36)17-9-10-23(39-4)20(12-17)28(29,30)31)25(37)35-15-27(13-18(35)14-32)19-7-5-6-8-21(19)33-26(27)38/h5-10,12,16,18,22H,11,13,15H2,1-4H3,(H,33,38)/t18-,22-,27-/m0/s1. The minimum absolute atomic E-state index is 0.0513. The number of amides is 3. The zero-order valence-corrected chi connectivity index (χ0v) is 22.0. The molecule has 39 heavy (non-hydrogen) atoms. The Bertz CT molecular complexity index is 1350. The number of carbonyl (C=O) groups is 3. The van der Waals surface area contributed by atoms with Crippen molar-refractivity contribution in [1.29, 1.82) is 5.26 Å². The molecule has 3 amide bonds. The second-order valence-corrected chi connectivity index (χ2v) is 10.4. The molecule has 0 unspecified atom stereocenters. The number of methoxy groups -OCH3 is 1. The first kappa shape index (κ1) is 28.0. The third-order valence-corrected chi connectivity index (χ3v) is 7.44. The van der Waals surface area contributed by atoms with Crippen molar-refractivity contribution in [2.45, 2.75) is 50.4 Å². The maximum absolute atomic E-state index is 14.0. The van der Waals surface area contributed by atoms with E-state index in [2.05, 4.69) is 11.4 Å². The van der Waals surface area contributed by atoms with Gasteiger partial charge in [0.05, 0.1) is 24.2 Å². The number of halogens is 3. The fraction of sp³-hybridized carbons (Fsp3) is 0.429. The van der Waals surface area contributed by atoms with Gasteiger partial charge in [0.1, 0.15) is 17.8 Å². The second kappa shape index (κ2) is 10.2. The Balaban J connectivity index is 1.67. The van der Waals surface area contributed by atoms with Crippen molar-refractivity contribution >= 4 is 23.4 Å². The van der Waals surface area contributed by atoms with Gasteiger partial charge in [-0.2, -0.15) is 18.4 Å². The first-order valence-corrected chi connectivity index (χ1v) is 12.5. The van der Waals surface area contributed by atoms with Crippen LogP contribution in [0, 0.1) is 17.2 Å². The zero-order chi connectivity index (χ0) is 28.7. The number of hydrogen-bond acceptors (Lipinski definition) is 5. The Kier molecular flexibility index (Phi) is 7.34. The average Bonchev–Trinajstić information content (AvgIpc) is 3.43. The lowest BCUT2D eigenvalue weighted by Crippen LogP contribution is -2.52. The number of fused-ring (bicyclic) bond motifs is 2. The minimum atomic E-state index is -4.75. The highest BCUT2D eigenvalue weighted by Gasteiger charge is 2.56. The SMILES string of the molecule is COc1ccc(C(=O)N(C)[C@@H](CC(C)C)C(=O)N2C[C@]3(C[C@H]2C#N)C(=O)Nc2ccccc23)cc1C(F)(F)F. The summed E-state index contributed by atoms with van der Waals surface area (Å²) >= 11 is 0. The molecular weight excluding hydrogens is 513 g/mol. The first-order chi connectivity index (χ1) is 18.3. The van der Waals surface area contributed by atoms with Crippen LogP contribution in [0.4, 0.5) is 18.9 Å². The van der Waals surface area contributed by atoms with Gasteiger partial charge in [-0.3, -0.25) is 14.4 Å². The van der Waals surface area contributed by atoms with E-state index in [0.717, 1.165) is 18.1 Å². The number of anilines is 1. The molecule has 1 fully saturated rings. The summed E-state index contributed by atoms with van der Waals surface area (Å²) in [6.45, 7) is 3.65. The molecule has 2 aliphatic heterocycles. The lowest BCUT2D eigenvalue weighted by atomic mass is 9.80. The van der Waals surface area contributed by atoms with E-state index in [1.807, 2.05) is 13.8 Å². The Hall–Kier alpha value is -4.07. The van der Waals surface area contributed by atoms with Crippen LogP contribution >= 0.6 is 0 Å². The monoisotopic (exact) mass is 542 g/mol. The van der Waals surface area contributed by atoms with Gasteiger partial charge in [-0.25, -0.2) is 0 Å². The van der Waals surface area contributed by atoms with Crippen LogP contribution in [0.5, 0.6) is 5.75 Å². The predicted molar refractivity (Wildman–Crippen MR) is 136 cm³/mol. The van der Waals surface area contributed by atoms with Crippen molar-refractivity contribution < 1.29 is 32.3 Å². The summed E-state index contributed by atoms with van der Waals surface area (Å²) in [6, 6.07) is 10.2. The molecule has 2 aliphatic rings. The van der Waals surface area contributed by atoms with E-state index in [1.54, 1.807) is 24.3 Å². The van der Waals surface area contributed by atoms with Gasteiger partial charge in [-0.05, 0) is 42.2 Å². The van der Waals surface area contributed by atoms with E-state index in [4.69, 9.17) is 4.74 Å². The van der Waals surface area contributed by atoms with Gasteiger partial charge in [0.15, 0.2) is 0 Å². The van der Waals surface area contributed by atoms with Crippen molar-refractivity contribution in [3.63, 3.8) is 0 Å². The van der Waals surface area contributed by atoms with Crippen molar-refractivity contribution in [3.8, 4) is 11.8 Å². The number of para-hydroxylation sites is 1. The molecule has 2 aromatic rings. The Labute approximate surface area is 224 Å². The normalized spacial score (nSPS) is 20.9. The van der Waals surface area contributed by atoms with Crippen LogP contribution in [-0.4, -0.2) is 60.3 Å². The van der Waals surface area contributed by atoms with Crippen LogP contribution in [0.15, 0.2) is 42.5 Å². The van der Waals surface area contributed by atoms with E-state index in [-0.39, 0.29) is 36.8 Å². The smallest absolute Gasteiger partial charge is 0.419 e. The number of likely N-dealkylation sites (tertiary alicyclic amines) is 1. The molecule has 2 aromatic carbocycles. The van der Waals surface area contributed by atoms with Crippen molar-refractivity contribution in [2.24, 2.45) is 5.92 Å². The molecule has 1 spiro atoms. The number of likely N-dealkylation sites (N-methyl/N-ethyl adjacent to an activating group) is 1. The van der Waals surface area contributed by atoms with Crippen LogP contribution in [0.1, 0.15) is 48.2 Å². The van der Waals surface area contributed by atoms with Gasteiger partial charge in [0.25, 0.3) is 5.91 Å². The number of nitrogens with one attached hydrogen (secondary N) is 1. The molecule has 0 radical (unpaired) electrons. The number of rotatable bonds is 6. The van der Waals surface area contributed by atoms with Crippen molar-refractivity contribution in [1.82, 2.24) is 9.80 Å².